The molecule has 0 unspecified atom stereocenters. The molecule has 1 heterocycles. The Balaban J connectivity index is 1.83. The summed E-state index contributed by atoms with van der Waals surface area (Å²) in [5, 5.41) is 3.43. The van der Waals surface area contributed by atoms with Crippen molar-refractivity contribution >= 4 is 28.5 Å². The number of esters is 1. The number of aryl methyl sites for hydroxylation is 1. The third-order valence-corrected chi connectivity index (χ3v) is 5.14. The average Bonchev–Trinajstić information content (AvgIpc) is 2.81. The highest BCUT2D eigenvalue weighted by Gasteiger charge is 2.21. The second kappa shape index (κ2) is 10.6. The summed E-state index contributed by atoms with van der Waals surface area (Å²) in [6, 6.07) is 12.5. The third kappa shape index (κ3) is 4.99. The zero-order valence-corrected chi connectivity index (χ0v) is 18.9. The summed E-state index contributed by atoms with van der Waals surface area (Å²) < 4.78 is 15.9. The van der Waals surface area contributed by atoms with Gasteiger partial charge in [-0.15, -0.1) is 0 Å². The van der Waals surface area contributed by atoms with Crippen molar-refractivity contribution in [1.82, 2.24) is 4.98 Å². The number of aromatic nitrogens is 1. The molecular weight excluding hydrogens is 408 g/mol. The van der Waals surface area contributed by atoms with Gasteiger partial charge >= 0.3 is 5.97 Å². The van der Waals surface area contributed by atoms with Crippen molar-refractivity contribution < 1.29 is 23.8 Å². The molecule has 0 radical (unpaired) electrons. The Kier molecular flexibility index (Phi) is 7.65. The molecule has 1 N–H and O–H groups in total. The number of methoxy groups -OCH3 is 2. The Bertz CT molecular complexity index is 1130. The summed E-state index contributed by atoms with van der Waals surface area (Å²) in [4.78, 5) is 30.4. The van der Waals surface area contributed by atoms with Crippen LogP contribution in [0.5, 0.6) is 11.5 Å². The molecule has 1 amide bonds. The van der Waals surface area contributed by atoms with Crippen molar-refractivity contribution in [2.45, 2.75) is 33.1 Å². The quantitative estimate of drug-likeness (QED) is 0.495. The van der Waals surface area contributed by atoms with Gasteiger partial charge in [0.2, 0.25) is 0 Å². The Morgan fingerprint density at radius 2 is 1.81 bits per heavy atom. The molecule has 0 saturated carbocycles. The number of carbonyl (C=O) groups is 2. The molecule has 2 aromatic carbocycles. The number of carbonyl (C=O) groups excluding carboxylic acids is 2. The maximum atomic E-state index is 13.1. The average molecular weight is 437 g/mol. The molecule has 168 valence electrons. The Morgan fingerprint density at radius 1 is 1.03 bits per heavy atom. The molecule has 7 nitrogen and oxygen atoms in total. The van der Waals surface area contributed by atoms with Gasteiger partial charge in [0, 0.05) is 17.1 Å². The highest BCUT2D eigenvalue weighted by molar-refractivity contribution is 6.06. The van der Waals surface area contributed by atoms with E-state index in [1.807, 2.05) is 31.2 Å². The molecular formula is C25H28N2O5. The summed E-state index contributed by atoms with van der Waals surface area (Å²) in [6.45, 7) is 3.64. The summed E-state index contributed by atoms with van der Waals surface area (Å²) >= 11 is 0. The molecule has 0 spiro atoms. The lowest BCUT2D eigenvalue weighted by Gasteiger charge is -2.16. The first kappa shape index (κ1) is 23.1. The van der Waals surface area contributed by atoms with Crippen LogP contribution in [0.1, 0.15) is 41.9 Å². The van der Waals surface area contributed by atoms with Crippen LogP contribution in [0.2, 0.25) is 0 Å². The van der Waals surface area contributed by atoms with E-state index in [0.29, 0.717) is 29.2 Å². The van der Waals surface area contributed by atoms with Crippen molar-refractivity contribution in [3.63, 3.8) is 0 Å². The minimum absolute atomic E-state index is 0.428. The fourth-order valence-corrected chi connectivity index (χ4v) is 3.66. The molecule has 3 aromatic rings. The van der Waals surface area contributed by atoms with E-state index in [2.05, 4.69) is 12.2 Å². The minimum atomic E-state index is -0.537. The number of benzene rings is 2. The van der Waals surface area contributed by atoms with Crippen LogP contribution in [-0.2, 0) is 22.4 Å². The maximum Gasteiger partial charge on any atom is 0.339 e. The third-order valence-electron chi connectivity index (χ3n) is 5.14. The molecule has 0 atom stereocenters. The second-order valence-corrected chi connectivity index (χ2v) is 7.22. The predicted molar refractivity (Wildman–Crippen MR) is 124 cm³/mol. The largest absolute Gasteiger partial charge is 0.497 e. The minimum Gasteiger partial charge on any atom is -0.497 e. The van der Waals surface area contributed by atoms with Crippen molar-refractivity contribution in [1.29, 1.82) is 0 Å². The van der Waals surface area contributed by atoms with Crippen LogP contribution in [0.3, 0.4) is 0 Å². The zero-order chi connectivity index (χ0) is 23.1. The van der Waals surface area contributed by atoms with Gasteiger partial charge in [0.15, 0.2) is 6.61 Å². The number of nitrogens with zero attached hydrogens (tertiary/aromatic N) is 1. The smallest absolute Gasteiger partial charge is 0.339 e. The summed E-state index contributed by atoms with van der Waals surface area (Å²) in [6.07, 6.45) is 2.33. The highest BCUT2D eigenvalue weighted by Crippen LogP contribution is 2.29. The molecule has 1 aromatic heterocycles. The molecule has 32 heavy (non-hydrogen) atoms. The van der Waals surface area contributed by atoms with Gasteiger partial charge in [-0.1, -0.05) is 38.5 Å². The lowest BCUT2D eigenvalue weighted by molar-refractivity contribution is -0.119. The summed E-state index contributed by atoms with van der Waals surface area (Å²) in [5.74, 6) is 0.0288. The van der Waals surface area contributed by atoms with Gasteiger partial charge in [0.25, 0.3) is 5.91 Å². The first-order valence-corrected chi connectivity index (χ1v) is 10.6. The molecule has 0 bridgehead atoms. The van der Waals surface area contributed by atoms with E-state index in [1.165, 1.54) is 14.2 Å². The predicted octanol–water partition coefficient (Wildman–Crippen LogP) is 4.56. The number of rotatable bonds is 9. The second-order valence-electron chi connectivity index (χ2n) is 7.22. The molecule has 0 aliphatic carbocycles. The highest BCUT2D eigenvalue weighted by atomic mass is 16.5. The van der Waals surface area contributed by atoms with Crippen LogP contribution in [0.4, 0.5) is 5.69 Å². The number of pyridine rings is 1. The molecule has 3 rings (SSSR count). The van der Waals surface area contributed by atoms with E-state index in [4.69, 9.17) is 19.2 Å². The first-order chi connectivity index (χ1) is 15.5. The van der Waals surface area contributed by atoms with Gasteiger partial charge in [-0.05, 0) is 36.6 Å². The number of amides is 1. The maximum absolute atomic E-state index is 13.1. The SMILES string of the molecule is CCCc1nc2ccccc2c(C(=O)OCC(=O)Nc2cc(OC)ccc2OC)c1CC. The van der Waals surface area contributed by atoms with E-state index in [-0.39, 0.29) is 0 Å². The monoisotopic (exact) mass is 436 g/mol. The lowest BCUT2D eigenvalue weighted by atomic mass is 9.96. The Hall–Kier alpha value is -3.61. The molecule has 0 saturated heterocycles. The van der Waals surface area contributed by atoms with Crippen LogP contribution in [0.15, 0.2) is 42.5 Å². The van der Waals surface area contributed by atoms with Crippen molar-refractivity contribution in [2.75, 3.05) is 26.1 Å². The van der Waals surface area contributed by atoms with E-state index in [9.17, 15) is 9.59 Å². The van der Waals surface area contributed by atoms with Crippen molar-refractivity contribution in [3.05, 3.63) is 59.3 Å². The van der Waals surface area contributed by atoms with Crippen LogP contribution in [-0.4, -0.2) is 37.7 Å². The van der Waals surface area contributed by atoms with Crippen molar-refractivity contribution in [2.24, 2.45) is 0 Å². The standard InChI is InChI=1S/C25H28N2O5/c1-5-9-19-17(6-2)24(18-10-7-8-11-20(18)26-19)25(29)32-15-23(28)27-21-14-16(30-3)12-13-22(21)31-4/h7-8,10-14H,5-6,9,15H2,1-4H3,(H,27,28). The van der Waals surface area contributed by atoms with Gasteiger partial charge in [-0.25, -0.2) is 4.79 Å². The number of fused-ring (bicyclic) bond motifs is 1. The molecule has 0 aliphatic heterocycles. The van der Waals surface area contributed by atoms with Crippen LogP contribution in [0.25, 0.3) is 10.9 Å². The fourth-order valence-electron chi connectivity index (χ4n) is 3.66. The number of hydrogen-bond donors (Lipinski definition) is 1. The number of para-hydroxylation sites is 1. The molecule has 7 heteroatoms. The van der Waals surface area contributed by atoms with Crippen molar-refractivity contribution in [3.8, 4) is 11.5 Å². The van der Waals surface area contributed by atoms with Gasteiger partial charge in [-0.3, -0.25) is 9.78 Å². The van der Waals surface area contributed by atoms with Crippen LogP contribution < -0.4 is 14.8 Å². The number of hydrogen-bond acceptors (Lipinski definition) is 6. The lowest BCUT2D eigenvalue weighted by Crippen LogP contribution is -2.22. The topological polar surface area (TPSA) is 86.8 Å². The van der Waals surface area contributed by atoms with E-state index in [0.717, 1.165) is 35.0 Å². The molecule has 0 fully saturated rings. The normalized spacial score (nSPS) is 10.6. The first-order valence-electron chi connectivity index (χ1n) is 10.6. The van der Waals surface area contributed by atoms with Gasteiger partial charge in [-0.2, -0.15) is 0 Å². The summed E-state index contributed by atoms with van der Waals surface area (Å²) in [7, 11) is 3.04. The van der Waals surface area contributed by atoms with E-state index in [1.54, 1.807) is 18.2 Å². The Labute approximate surface area is 187 Å². The zero-order valence-electron chi connectivity index (χ0n) is 18.9. The van der Waals surface area contributed by atoms with Gasteiger partial charge in [0.1, 0.15) is 11.5 Å². The van der Waals surface area contributed by atoms with Crippen LogP contribution in [0, 0.1) is 0 Å². The number of nitrogens with one attached hydrogen (secondary N) is 1. The number of anilines is 1. The summed E-state index contributed by atoms with van der Waals surface area (Å²) in [5.41, 5.74) is 3.41. The molecule has 0 aliphatic rings. The number of ether oxygens (including phenoxy) is 3. The Morgan fingerprint density at radius 3 is 2.50 bits per heavy atom. The van der Waals surface area contributed by atoms with E-state index >= 15 is 0 Å². The fraction of sp³-hybridized carbons (Fsp3) is 0.320. The van der Waals surface area contributed by atoms with Gasteiger partial charge in [0.05, 0.1) is 31.0 Å². The van der Waals surface area contributed by atoms with Crippen LogP contribution >= 0.6 is 0 Å². The van der Waals surface area contributed by atoms with E-state index < -0.39 is 18.5 Å². The van der Waals surface area contributed by atoms with Gasteiger partial charge < -0.3 is 19.5 Å².